The molecule has 24 heavy (non-hydrogen) atoms. The van der Waals surface area contributed by atoms with Crippen molar-refractivity contribution in [1.29, 1.82) is 0 Å². The highest BCUT2D eigenvalue weighted by Crippen LogP contribution is 2.37. The summed E-state index contributed by atoms with van der Waals surface area (Å²) in [5.74, 6) is -3.39. The van der Waals surface area contributed by atoms with Gasteiger partial charge in [0.2, 0.25) is 0 Å². The SMILES string of the molecule is CC(C)(C)OC(=O)[C@H](CCC1CC1)[C@@H](CCCC(F)(F)F)C(=O)O. The molecule has 1 N–H and O–H groups in total. The lowest BCUT2D eigenvalue weighted by atomic mass is 9.84. The molecule has 0 heterocycles. The fourth-order valence-corrected chi connectivity index (χ4v) is 2.70. The van der Waals surface area contributed by atoms with Gasteiger partial charge in [-0.05, 0) is 52.4 Å². The van der Waals surface area contributed by atoms with Crippen molar-refractivity contribution in [1.82, 2.24) is 0 Å². The van der Waals surface area contributed by atoms with Gasteiger partial charge in [0.05, 0.1) is 11.8 Å². The van der Waals surface area contributed by atoms with Gasteiger partial charge in [0, 0.05) is 6.42 Å². The van der Waals surface area contributed by atoms with E-state index in [2.05, 4.69) is 0 Å². The van der Waals surface area contributed by atoms with Crippen LogP contribution in [0.4, 0.5) is 13.2 Å². The summed E-state index contributed by atoms with van der Waals surface area (Å²) in [5, 5.41) is 9.41. The number of halogens is 3. The number of esters is 1. The van der Waals surface area contributed by atoms with Crippen molar-refractivity contribution in [3.05, 3.63) is 0 Å². The molecule has 4 nitrogen and oxygen atoms in total. The van der Waals surface area contributed by atoms with E-state index in [1.165, 1.54) is 0 Å². The number of rotatable bonds is 9. The molecule has 1 aliphatic carbocycles. The van der Waals surface area contributed by atoms with Gasteiger partial charge >= 0.3 is 18.1 Å². The molecule has 0 radical (unpaired) electrons. The van der Waals surface area contributed by atoms with Crippen LogP contribution in [0.2, 0.25) is 0 Å². The van der Waals surface area contributed by atoms with E-state index in [9.17, 15) is 27.9 Å². The van der Waals surface area contributed by atoms with Crippen LogP contribution in [-0.2, 0) is 14.3 Å². The maximum Gasteiger partial charge on any atom is 0.389 e. The van der Waals surface area contributed by atoms with Crippen molar-refractivity contribution in [3.63, 3.8) is 0 Å². The Hall–Kier alpha value is -1.27. The van der Waals surface area contributed by atoms with E-state index in [0.717, 1.165) is 12.8 Å². The number of alkyl halides is 3. The van der Waals surface area contributed by atoms with Crippen LogP contribution in [0.15, 0.2) is 0 Å². The van der Waals surface area contributed by atoms with Crippen LogP contribution in [0.3, 0.4) is 0 Å². The quantitative estimate of drug-likeness (QED) is 0.618. The van der Waals surface area contributed by atoms with Gasteiger partial charge in [0.15, 0.2) is 0 Å². The molecule has 1 rings (SSSR count). The lowest BCUT2D eigenvalue weighted by Crippen LogP contribution is -2.36. The third-order valence-electron chi connectivity index (χ3n) is 4.07. The molecule has 2 atom stereocenters. The van der Waals surface area contributed by atoms with Crippen LogP contribution in [0, 0.1) is 17.8 Å². The maximum absolute atomic E-state index is 12.4. The van der Waals surface area contributed by atoms with Crippen molar-refractivity contribution in [2.75, 3.05) is 0 Å². The van der Waals surface area contributed by atoms with Crippen LogP contribution in [0.1, 0.15) is 65.7 Å². The number of aliphatic carboxylic acids is 1. The fourth-order valence-electron chi connectivity index (χ4n) is 2.70. The molecule has 140 valence electrons. The van der Waals surface area contributed by atoms with Gasteiger partial charge in [0.1, 0.15) is 5.60 Å². The third-order valence-corrected chi connectivity index (χ3v) is 4.07. The Bertz CT molecular complexity index is 436. The monoisotopic (exact) mass is 352 g/mol. The van der Waals surface area contributed by atoms with Gasteiger partial charge < -0.3 is 9.84 Å². The Morgan fingerprint density at radius 2 is 1.71 bits per heavy atom. The summed E-state index contributed by atoms with van der Waals surface area (Å²) in [7, 11) is 0. The lowest BCUT2D eigenvalue weighted by Gasteiger charge is -2.27. The second-order valence-electron chi connectivity index (χ2n) is 7.61. The third kappa shape index (κ3) is 8.55. The van der Waals surface area contributed by atoms with Gasteiger partial charge in [-0.1, -0.05) is 12.8 Å². The van der Waals surface area contributed by atoms with Crippen molar-refractivity contribution >= 4 is 11.9 Å². The number of carbonyl (C=O) groups is 2. The molecule has 0 aliphatic heterocycles. The molecular formula is C17H27F3O4. The lowest BCUT2D eigenvalue weighted by molar-refractivity contribution is -0.167. The molecule has 0 unspecified atom stereocenters. The number of ether oxygens (including phenoxy) is 1. The predicted molar refractivity (Wildman–Crippen MR) is 82.3 cm³/mol. The van der Waals surface area contributed by atoms with E-state index in [1.54, 1.807) is 20.8 Å². The smallest absolute Gasteiger partial charge is 0.389 e. The summed E-state index contributed by atoms with van der Waals surface area (Å²) in [6, 6.07) is 0. The highest BCUT2D eigenvalue weighted by molar-refractivity contribution is 5.81. The molecule has 1 saturated carbocycles. The van der Waals surface area contributed by atoms with Gasteiger partial charge in [-0.2, -0.15) is 13.2 Å². The molecule has 0 bridgehead atoms. The Labute approximate surface area is 140 Å². The summed E-state index contributed by atoms with van der Waals surface area (Å²) in [6.45, 7) is 5.05. The molecule has 0 aromatic rings. The summed E-state index contributed by atoms with van der Waals surface area (Å²) in [5.41, 5.74) is -0.760. The zero-order valence-electron chi connectivity index (χ0n) is 14.5. The molecule has 1 aliphatic rings. The first-order chi connectivity index (χ1) is 10.9. The molecule has 1 fully saturated rings. The Balaban J connectivity index is 2.76. The molecule has 0 amide bonds. The zero-order valence-corrected chi connectivity index (χ0v) is 14.5. The average molecular weight is 352 g/mol. The van der Waals surface area contributed by atoms with E-state index < -0.39 is 42.0 Å². The molecular weight excluding hydrogens is 325 g/mol. The number of carbonyl (C=O) groups excluding carboxylic acids is 1. The summed E-state index contributed by atoms with van der Waals surface area (Å²) in [4.78, 5) is 23.9. The van der Waals surface area contributed by atoms with Crippen LogP contribution >= 0.6 is 0 Å². The Morgan fingerprint density at radius 1 is 1.12 bits per heavy atom. The molecule has 0 aromatic heterocycles. The van der Waals surface area contributed by atoms with Gasteiger partial charge in [-0.25, -0.2) is 0 Å². The first kappa shape index (κ1) is 20.8. The van der Waals surface area contributed by atoms with E-state index >= 15 is 0 Å². The molecule has 0 spiro atoms. The second kappa shape index (κ2) is 8.21. The second-order valence-corrected chi connectivity index (χ2v) is 7.61. The Morgan fingerprint density at radius 3 is 2.12 bits per heavy atom. The minimum absolute atomic E-state index is 0.177. The predicted octanol–water partition coefficient (Wildman–Crippen LogP) is 4.57. The first-order valence-corrected chi connectivity index (χ1v) is 8.41. The van der Waals surface area contributed by atoms with Crippen LogP contribution in [0.25, 0.3) is 0 Å². The minimum atomic E-state index is -4.32. The van der Waals surface area contributed by atoms with Crippen molar-refractivity contribution in [2.45, 2.75) is 77.5 Å². The molecule has 0 saturated heterocycles. The van der Waals surface area contributed by atoms with Gasteiger partial charge in [-0.3, -0.25) is 9.59 Å². The van der Waals surface area contributed by atoms with E-state index in [0.29, 0.717) is 18.8 Å². The highest BCUT2D eigenvalue weighted by Gasteiger charge is 2.38. The van der Waals surface area contributed by atoms with Crippen molar-refractivity contribution in [2.24, 2.45) is 17.8 Å². The Kier molecular flexibility index (Phi) is 7.10. The normalized spacial score (nSPS) is 18.1. The standard InChI is InChI=1S/C17H27F3O4/c1-16(2,3)24-15(23)13(9-8-11-6-7-11)12(14(21)22)5-4-10-17(18,19)20/h11-13H,4-10H2,1-3H3,(H,21,22)/t12-,13-/m1/s1. The summed E-state index contributed by atoms with van der Waals surface area (Å²) >= 11 is 0. The molecule has 0 aromatic carbocycles. The highest BCUT2D eigenvalue weighted by atomic mass is 19.4. The average Bonchev–Trinajstić information content (AvgIpc) is 3.17. The number of carboxylic acids is 1. The summed E-state index contributed by atoms with van der Waals surface area (Å²) < 4.78 is 42.2. The summed E-state index contributed by atoms with van der Waals surface area (Å²) in [6.07, 6.45) is -2.65. The number of hydrogen-bond acceptors (Lipinski definition) is 3. The number of hydrogen-bond donors (Lipinski definition) is 1. The fraction of sp³-hybridized carbons (Fsp3) is 0.882. The van der Waals surface area contributed by atoms with Crippen LogP contribution < -0.4 is 0 Å². The number of carboxylic acid groups (broad SMARTS) is 1. The van der Waals surface area contributed by atoms with E-state index in [1.807, 2.05) is 0 Å². The van der Waals surface area contributed by atoms with Gasteiger partial charge in [-0.15, -0.1) is 0 Å². The topological polar surface area (TPSA) is 63.6 Å². The maximum atomic E-state index is 12.4. The minimum Gasteiger partial charge on any atom is -0.481 e. The molecule has 7 heteroatoms. The first-order valence-electron chi connectivity index (χ1n) is 8.41. The van der Waals surface area contributed by atoms with E-state index in [4.69, 9.17) is 4.74 Å². The zero-order chi connectivity index (χ0) is 18.5. The van der Waals surface area contributed by atoms with Crippen LogP contribution in [-0.4, -0.2) is 28.8 Å². The van der Waals surface area contributed by atoms with Crippen molar-refractivity contribution in [3.8, 4) is 0 Å². The van der Waals surface area contributed by atoms with Crippen molar-refractivity contribution < 1.29 is 32.6 Å². The van der Waals surface area contributed by atoms with Crippen LogP contribution in [0.5, 0.6) is 0 Å². The largest absolute Gasteiger partial charge is 0.481 e. The van der Waals surface area contributed by atoms with Gasteiger partial charge in [0.25, 0.3) is 0 Å². The van der Waals surface area contributed by atoms with E-state index in [-0.39, 0.29) is 12.8 Å².